The molecule has 0 bridgehead atoms. The minimum absolute atomic E-state index is 0.0179. The number of benzene rings is 2. The number of nitro groups is 1. The van der Waals surface area contributed by atoms with Gasteiger partial charge in [0.15, 0.2) is 5.78 Å². The minimum Gasteiger partial charge on any atom is -0.293 e. The van der Waals surface area contributed by atoms with Gasteiger partial charge in [0, 0.05) is 23.4 Å². The van der Waals surface area contributed by atoms with E-state index in [1.165, 1.54) is 6.07 Å². The van der Waals surface area contributed by atoms with Crippen LogP contribution in [0.15, 0.2) is 79.0 Å². The Morgan fingerprint density at radius 3 is 2.32 bits per heavy atom. The van der Waals surface area contributed by atoms with Crippen molar-refractivity contribution >= 4 is 11.5 Å². The van der Waals surface area contributed by atoms with E-state index in [0.717, 1.165) is 0 Å². The molecule has 0 spiro atoms. The van der Waals surface area contributed by atoms with E-state index in [4.69, 9.17) is 0 Å². The predicted octanol–water partition coefficient (Wildman–Crippen LogP) is 4.20. The molecule has 0 N–H and O–H groups in total. The Kier molecular flexibility index (Phi) is 4.95. The number of para-hydroxylation sites is 1. The Balaban J connectivity index is 2.01. The highest BCUT2D eigenvalue weighted by molar-refractivity contribution is 6.00. The van der Waals surface area contributed by atoms with Gasteiger partial charge in [-0.25, -0.2) is 0 Å². The number of hydrogen-bond acceptors (Lipinski definition) is 4. The summed E-state index contributed by atoms with van der Waals surface area (Å²) in [5.41, 5.74) is 1.71. The van der Waals surface area contributed by atoms with Gasteiger partial charge in [-0.1, -0.05) is 54.6 Å². The van der Waals surface area contributed by atoms with Crippen LogP contribution in [0.2, 0.25) is 0 Å². The average Bonchev–Trinajstić information content (AvgIpc) is 2.67. The van der Waals surface area contributed by atoms with Crippen molar-refractivity contribution in [1.82, 2.24) is 4.98 Å². The normalized spacial score (nSPS) is 11.7. The Labute approximate surface area is 145 Å². The maximum Gasteiger partial charge on any atom is 0.272 e. The molecule has 5 nitrogen and oxygen atoms in total. The van der Waals surface area contributed by atoms with Gasteiger partial charge in [-0.05, 0) is 18.6 Å². The maximum atomic E-state index is 13.0. The number of nitro benzene ring substituents is 1. The van der Waals surface area contributed by atoms with Gasteiger partial charge in [0.2, 0.25) is 0 Å². The SMILES string of the molecule is O=C(c1ccccc1)[C@@H](Cc1ccccc1[N+](=O)[O-])c1ccccn1. The summed E-state index contributed by atoms with van der Waals surface area (Å²) in [5, 5.41) is 11.3. The highest BCUT2D eigenvalue weighted by Gasteiger charge is 2.26. The van der Waals surface area contributed by atoms with Crippen molar-refractivity contribution < 1.29 is 9.72 Å². The fourth-order valence-corrected chi connectivity index (χ4v) is 2.80. The zero-order valence-corrected chi connectivity index (χ0v) is 13.4. The van der Waals surface area contributed by atoms with Crippen molar-refractivity contribution in [3.05, 3.63) is 106 Å². The molecule has 124 valence electrons. The van der Waals surface area contributed by atoms with Crippen LogP contribution in [0.3, 0.4) is 0 Å². The fourth-order valence-electron chi connectivity index (χ4n) is 2.80. The summed E-state index contributed by atoms with van der Waals surface area (Å²) in [6.45, 7) is 0. The first-order valence-corrected chi connectivity index (χ1v) is 7.89. The molecule has 0 aliphatic rings. The summed E-state index contributed by atoms with van der Waals surface area (Å²) in [7, 11) is 0. The molecule has 0 fully saturated rings. The first-order chi connectivity index (χ1) is 12.2. The molecule has 0 radical (unpaired) electrons. The number of ketones is 1. The zero-order chi connectivity index (χ0) is 17.6. The summed E-state index contributed by atoms with van der Waals surface area (Å²) >= 11 is 0. The van der Waals surface area contributed by atoms with E-state index in [-0.39, 0.29) is 17.9 Å². The first-order valence-electron chi connectivity index (χ1n) is 7.89. The van der Waals surface area contributed by atoms with Gasteiger partial charge < -0.3 is 0 Å². The lowest BCUT2D eigenvalue weighted by Gasteiger charge is -2.16. The molecule has 0 saturated heterocycles. The van der Waals surface area contributed by atoms with Gasteiger partial charge in [0.1, 0.15) is 0 Å². The standard InChI is InChI=1S/C20H16N2O3/c23-20(15-8-2-1-3-9-15)17(18-11-6-7-13-21-18)14-16-10-4-5-12-19(16)22(24)25/h1-13,17H,14H2/t17-/m0/s1. The molecule has 2 aromatic carbocycles. The van der Waals surface area contributed by atoms with Crippen LogP contribution in [0.25, 0.3) is 0 Å². The Morgan fingerprint density at radius 2 is 1.64 bits per heavy atom. The largest absolute Gasteiger partial charge is 0.293 e. The number of carbonyl (C=O) groups is 1. The van der Waals surface area contributed by atoms with Crippen LogP contribution in [0, 0.1) is 10.1 Å². The second kappa shape index (κ2) is 7.49. The van der Waals surface area contributed by atoms with Gasteiger partial charge in [0.25, 0.3) is 5.69 Å². The maximum absolute atomic E-state index is 13.0. The smallest absolute Gasteiger partial charge is 0.272 e. The van der Waals surface area contributed by atoms with Crippen molar-refractivity contribution in [3.63, 3.8) is 0 Å². The van der Waals surface area contributed by atoms with E-state index in [1.54, 1.807) is 60.8 Å². The molecule has 0 saturated carbocycles. The molecule has 0 aliphatic heterocycles. The van der Waals surface area contributed by atoms with E-state index >= 15 is 0 Å². The van der Waals surface area contributed by atoms with E-state index in [1.807, 2.05) is 12.1 Å². The Bertz CT molecular complexity index is 880. The number of pyridine rings is 1. The van der Waals surface area contributed by atoms with Crippen LogP contribution >= 0.6 is 0 Å². The Hall–Kier alpha value is -3.34. The van der Waals surface area contributed by atoms with Gasteiger partial charge >= 0.3 is 0 Å². The summed E-state index contributed by atoms with van der Waals surface area (Å²) < 4.78 is 0. The summed E-state index contributed by atoms with van der Waals surface area (Å²) in [6.07, 6.45) is 1.85. The molecule has 0 unspecified atom stereocenters. The highest BCUT2D eigenvalue weighted by Crippen LogP contribution is 2.28. The van der Waals surface area contributed by atoms with Crippen molar-refractivity contribution in [1.29, 1.82) is 0 Å². The van der Waals surface area contributed by atoms with Crippen LogP contribution in [-0.2, 0) is 6.42 Å². The average molecular weight is 332 g/mol. The lowest BCUT2D eigenvalue weighted by Crippen LogP contribution is -2.17. The van der Waals surface area contributed by atoms with Gasteiger partial charge in [0.05, 0.1) is 16.5 Å². The third-order valence-electron chi connectivity index (χ3n) is 4.03. The monoisotopic (exact) mass is 332 g/mol. The molecule has 3 aromatic rings. The molecule has 25 heavy (non-hydrogen) atoms. The third-order valence-corrected chi connectivity index (χ3v) is 4.03. The third kappa shape index (κ3) is 3.77. The molecule has 1 aromatic heterocycles. The van der Waals surface area contributed by atoms with Crippen LogP contribution < -0.4 is 0 Å². The lowest BCUT2D eigenvalue weighted by atomic mass is 9.88. The number of aromatic nitrogens is 1. The number of nitrogens with zero attached hydrogens (tertiary/aromatic N) is 2. The van der Waals surface area contributed by atoms with Crippen LogP contribution in [0.4, 0.5) is 5.69 Å². The number of hydrogen-bond donors (Lipinski definition) is 0. The fraction of sp³-hybridized carbons (Fsp3) is 0.100. The van der Waals surface area contributed by atoms with Gasteiger partial charge in [-0.3, -0.25) is 19.9 Å². The van der Waals surface area contributed by atoms with Crippen molar-refractivity contribution in [2.45, 2.75) is 12.3 Å². The van der Waals surface area contributed by atoms with Gasteiger partial charge in [-0.15, -0.1) is 0 Å². The molecule has 5 heteroatoms. The van der Waals surface area contributed by atoms with Crippen LogP contribution in [-0.4, -0.2) is 15.7 Å². The van der Waals surface area contributed by atoms with Crippen LogP contribution in [0.5, 0.6) is 0 Å². The van der Waals surface area contributed by atoms with E-state index < -0.39 is 10.8 Å². The molecule has 1 atom stereocenters. The van der Waals surface area contributed by atoms with Crippen molar-refractivity contribution in [3.8, 4) is 0 Å². The zero-order valence-electron chi connectivity index (χ0n) is 13.4. The summed E-state index contributed by atoms with van der Waals surface area (Å²) in [6, 6.07) is 20.8. The van der Waals surface area contributed by atoms with E-state index in [0.29, 0.717) is 16.8 Å². The van der Waals surface area contributed by atoms with Crippen molar-refractivity contribution in [2.24, 2.45) is 0 Å². The number of carbonyl (C=O) groups excluding carboxylic acids is 1. The Morgan fingerprint density at radius 1 is 0.960 bits per heavy atom. The first kappa shape index (κ1) is 16.5. The topological polar surface area (TPSA) is 73.1 Å². The molecule has 3 rings (SSSR count). The molecule has 1 heterocycles. The molecule has 0 aliphatic carbocycles. The molecular formula is C20H16N2O3. The summed E-state index contributed by atoms with van der Waals surface area (Å²) in [5.74, 6) is -0.679. The summed E-state index contributed by atoms with van der Waals surface area (Å²) in [4.78, 5) is 28.2. The molecule has 0 amide bonds. The van der Waals surface area contributed by atoms with E-state index in [9.17, 15) is 14.9 Å². The second-order valence-electron chi connectivity index (χ2n) is 5.63. The lowest BCUT2D eigenvalue weighted by molar-refractivity contribution is -0.385. The molecular weight excluding hydrogens is 316 g/mol. The minimum atomic E-state index is -0.579. The highest BCUT2D eigenvalue weighted by atomic mass is 16.6. The van der Waals surface area contributed by atoms with Crippen LogP contribution in [0.1, 0.15) is 27.5 Å². The van der Waals surface area contributed by atoms with E-state index in [2.05, 4.69) is 4.98 Å². The number of rotatable bonds is 6. The number of Topliss-reactive ketones (excluding diaryl/α,β-unsaturated/α-hetero) is 1. The quantitative estimate of drug-likeness (QED) is 0.385. The van der Waals surface area contributed by atoms with Crippen molar-refractivity contribution in [2.75, 3.05) is 0 Å². The predicted molar refractivity (Wildman–Crippen MR) is 94.6 cm³/mol. The second-order valence-corrected chi connectivity index (χ2v) is 5.63. The van der Waals surface area contributed by atoms with Gasteiger partial charge in [-0.2, -0.15) is 0 Å².